The number of anilines is 1. The van der Waals surface area contributed by atoms with Gasteiger partial charge in [-0.25, -0.2) is 14.8 Å². The molecule has 0 aliphatic rings. The van der Waals surface area contributed by atoms with Gasteiger partial charge in [0.15, 0.2) is 0 Å². The number of aliphatic hydroxyl groups excluding tert-OH is 1. The smallest absolute Gasteiger partial charge is 0.475 e. The molecule has 122 valence electrons. The summed E-state index contributed by atoms with van der Waals surface area (Å²) in [5.41, 5.74) is 0.683. The number of carbonyl (C=O) groups is 1. The van der Waals surface area contributed by atoms with Gasteiger partial charge >= 0.3 is 12.1 Å². The highest BCUT2D eigenvalue weighted by molar-refractivity contribution is 6.36. The van der Waals surface area contributed by atoms with Crippen molar-refractivity contribution in [3.05, 3.63) is 17.5 Å². The monoisotopic (exact) mass is 340 g/mol. The molecule has 0 aromatic carbocycles. The van der Waals surface area contributed by atoms with Gasteiger partial charge in [0.05, 0.1) is 16.5 Å². The van der Waals surface area contributed by atoms with Crippen molar-refractivity contribution < 1.29 is 28.2 Å². The van der Waals surface area contributed by atoms with E-state index in [1.807, 2.05) is 0 Å². The summed E-state index contributed by atoms with van der Waals surface area (Å²) < 4.78 is 31.7. The summed E-state index contributed by atoms with van der Waals surface area (Å²) in [5, 5.41) is 20.6. The van der Waals surface area contributed by atoms with Crippen molar-refractivity contribution in [2.24, 2.45) is 0 Å². The SMILES string of the molecule is C[C@@H](O)CNc1ncnc2[nH]cc(Cl)c12.O=C(O)C(F)(F)F. The highest BCUT2D eigenvalue weighted by Crippen LogP contribution is 2.26. The number of aliphatic carboxylic acids is 1. The Kier molecular flexibility index (Phi) is 5.94. The number of aromatic amines is 1. The molecule has 11 heteroatoms. The van der Waals surface area contributed by atoms with E-state index in [2.05, 4.69) is 20.3 Å². The lowest BCUT2D eigenvalue weighted by Gasteiger charge is -2.08. The van der Waals surface area contributed by atoms with Gasteiger partial charge in [-0.05, 0) is 6.92 Å². The van der Waals surface area contributed by atoms with E-state index in [0.29, 0.717) is 23.0 Å². The van der Waals surface area contributed by atoms with Gasteiger partial charge < -0.3 is 20.5 Å². The highest BCUT2D eigenvalue weighted by Gasteiger charge is 2.38. The predicted molar refractivity (Wildman–Crippen MR) is 72.8 cm³/mol. The van der Waals surface area contributed by atoms with Crippen molar-refractivity contribution in [2.75, 3.05) is 11.9 Å². The first kappa shape index (κ1) is 18.0. The first-order valence-electron chi connectivity index (χ1n) is 5.82. The summed E-state index contributed by atoms with van der Waals surface area (Å²) in [5.74, 6) is -2.13. The van der Waals surface area contributed by atoms with Gasteiger partial charge in [0.2, 0.25) is 0 Å². The van der Waals surface area contributed by atoms with Crippen LogP contribution in [0.5, 0.6) is 0 Å². The zero-order valence-corrected chi connectivity index (χ0v) is 11.9. The lowest BCUT2D eigenvalue weighted by atomic mass is 10.3. The quantitative estimate of drug-likeness (QED) is 0.680. The molecule has 22 heavy (non-hydrogen) atoms. The Balaban J connectivity index is 0.000000295. The van der Waals surface area contributed by atoms with E-state index in [0.717, 1.165) is 5.39 Å². The molecule has 1 atom stereocenters. The summed E-state index contributed by atoms with van der Waals surface area (Å²) >= 11 is 5.98. The average Bonchev–Trinajstić information content (AvgIpc) is 2.78. The van der Waals surface area contributed by atoms with Gasteiger partial charge in [-0.1, -0.05) is 11.6 Å². The van der Waals surface area contributed by atoms with E-state index >= 15 is 0 Å². The molecule has 0 saturated heterocycles. The second-order valence-electron chi connectivity index (χ2n) is 4.12. The van der Waals surface area contributed by atoms with Crippen LogP contribution in [-0.4, -0.2) is 50.0 Å². The van der Waals surface area contributed by atoms with E-state index in [-0.39, 0.29) is 0 Å². The number of aromatic nitrogens is 3. The number of hydrogen-bond acceptors (Lipinski definition) is 5. The molecule has 4 N–H and O–H groups in total. The predicted octanol–water partition coefficient (Wildman–Crippen LogP) is 2.04. The van der Waals surface area contributed by atoms with Crippen LogP contribution in [0, 0.1) is 0 Å². The minimum Gasteiger partial charge on any atom is -0.475 e. The second-order valence-corrected chi connectivity index (χ2v) is 4.52. The number of H-pyrrole nitrogens is 1. The number of hydrogen-bond donors (Lipinski definition) is 4. The number of alkyl halides is 3. The maximum atomic E-state index is 10.6. The van der Waals surface area contributed by atoms with Gasteiger partial charge in [0.25, 0.3) is 0 Å². The minimum absolute atomic E-state index is 0.424. The lowest BCUT2D eigenvalue weighted by molar-refractivity contribution is -0.192. The van der Waals surface area contributed by atoms with Crippen molar-refractivity contribution in [3.8, 4) is 0 Å². The number of carboxylic acids is 1. The highest BCUT2D eigenvalue weighted by atomic mass is 35.5. The first-order valence-corrected chi connectivity index (χ1v) is 6.20. The topological polar surface area (TPSA) is 111 Å². The average molecular weight is 341 g/mol. The third-order valence-corrected chi connectivity index (χ3v) is 2.53. The molecule has 0 amide bonds. The lowest BCUT2D eigenvalue weighted by Crippen LogP contribution is -2.21. The Morgan fingerprint density at radius 1 is 1.50 bits per heavy atom. The summed E-state index contributed by atoms with van der Waals surface area (Å²) in [4.78, 5) is 19.9. The zero-order valence-electron chi connectivity index (χ0n) is 11.1. The number of fused-ring (bicyclic) bond motifs is 1. The summed E-state index contributed by atoms with van der Waals surface area (Å²) in [6, 6.07) is 0. The van der Waals surface area contributed by atoms with Crippen LogP contribution in [0.15, 0.2) is 12.5 Å². The molecule has 0 unspecified atom stereocenters. The minimum atomic E-state index is -5.08. The molecule has 0 aliphatic heterocycles. The van der Waals surface area contributed by atoms with Crippen LogP contribution < -0.4 is 5.32 Å². The van der Waals surface area contributed by atoms with Gasteiger partial charge in [0.1, 0.15) is 17.8 Å². The molecule has 0 spiro atoms. The Hall–Kier alpha value is -2.07. The zero-order chi connectivity index (χ0) is 16.9. The Bertz CT molecular complexity index is 645. The fourth-order valence-electron chi connectivity index (χ4n) is 1.30. The Labute approximate surface area is 127 Å². The van der Waals surface area contributed by atoms with Crippen molar-refractivity contribution in [2.45, 2.75) is 19.2 Å². The van der Waals surface area contributed by atoms with E-state index in [1.54, 1.807) is 13.1 Å². The fraction of sp³-hybridized carbons (Fsp3) is 0.364. The molecule has 7 nitrogen and oxygen atoms in total. The molecule has 0 fully saturated rings. The number of halogens is 4. The third kappa shape index (κ3) is 5.04. The number of carboxylic acid groups (broad SMARTS) is 1. The first-order chi connectivity index (χ1) is 10.1. The third-order valence-electron chi connectivity index (χ3n) is 2.23. The van der Waals surface area contributed by atoms with Crippen LogP contribution in [0.2, 0.25) is 5.02 Å². The second kappa shape index (κ2) is 7.27. The van der Waals surface area contributed by atoms with E-state index in [9.17, 15) is 13.2 Å². The Morgan fingerprint density at radius 2 is 2.09 bits per heavy atom. The molecule has 0 bridgehead atoms. The van der Waals surface area contributed by atoms with Crippen molar-refractivity contribution in [1.82, 2.24) is 15.0 Å². The molecule has 0 radical (unpaired) electrons. The molecular weight excluding hydrogens is 329 g/mol. The standard InChI is InChI=1S/C9H11ClN4O.C2HF3O2/c1-5(15)2-11-8-7-6(10)3-12-9(7)14-4-13-8;3-2(4,5)1(6)7/h3-5,15H,2H2,1H3,(H2,11,12,13,14);(H,6,7)/t5-;/m1./s1. The van der Waals surface area contributed by atoms with Crippen molar-refractivity contribution in [3.63, 3.8) is 0 Å². The van der Waals surface area contributed by atoms with E-state index in [1.165, 1.54) is 6.33 Å². The van der Waals surface area contributed by atoms with E-state index in [4.69, 9.17) is 26.6 Å². The van der Waals surface area contributed by atoms with Gasteiger partial charge in [-0.3, -0.25) is 0 Å². The number of aliphatic hydroxyl groups is 1. The van der Waals surface area contributed by atoms with Crippen LogP contribution in [0.4, 0.5) is 19.0 Å². The van der Waals surface area contributed by atoms with Crippen LogP contribution in [0.1, 0.15) is 6.92 Å². The van der Waals surface area contributed by atoms with E-state index < -0.39 is 18.2 Å². The number of rotatable bonds is 3. The Morgan fingerprint density at radius 3 is 2.59 bits per heavy atom. The summed E-state index contributed by atoms with van der Waals surface area (Å²) in [6.45, 7) is 2.12. The molecule has 0 saturated carbocycles. The largest absolute Gasteiger partial charge is 0.490 e. The molecule has 2 aromatic rings. The fourth-order valence-corrected chi connectivity index (χ4v) is 1.54. The van der Waals surface area contributed by atoms with Crippen molar-refractivity contribution in [1.29, 1.82) is 0 Å². The maximum Gasteiger partial charge on any atom is 0.490 e. The van der Waals surface area contributed by atoms with Gasteiger partial charge in [-0.15, -0.1) is 0 Å². The van der Waals surface area contributed by atoms with Gasteiger partial charge in [-0.2, -0.15) is 13.2 Å². The molecule has 0 aliphatic carbocycles. The molecular formula is C11H12ClF3N4O3. The van der Waals surface area contributed by atoms with Crippen LogP contribution >= 0.6 is 11.6 Å². The normalized spacial score (nSPS) is 12.5. The molecule has 2 rings (SSSR count). The molecule has 2 aromatic heterocycles. The van der Waals surface area contributed by atoms with Crippen LogP contribution in [0.3, 0.4) is 0 Å². The molecule has 2 heterocycles. The number of nitrogens with zero attached hydrogens (tertiary/aromatic N) is 2. The summed E-state index contributed by atoms with van der Waals surface area (Å²) in [7, 11) is 0. The maximum absolute atomic E-state index is 10.6. The number of nitrogens with one attached hydrogen (secondary N) is 2. The van der Waals surface area contributed by atoms with Crippen LogP contribution in [0.25, 0.3) is 11.0 Å². The summed E-state index contributed by atoms with van der Waals surface area (Å²) in [6.07, 6.45) is -2.42. The van der Waals surface area contributed by atoms with Crippen molar-refractivity contribution >= 4 is 34.4 Å². The van der Waals surface area contributed by atoms with Gasteiger partial charge in [0, 0.05) is 12.7 Å². The van der Waals surface area contributed by atoms with Crippen LogP contribution in [-0.2, 0) is 4.79 Å².